The Kier molecular flexibility index (Phi) is 4.41. The van der Waals surface area contributed by atoms with Crippen LogP contribution in [0.15, 0.2) is 12.1 Å². The molecule has 1 aromatic rings. The van der Waals surface area contributed by atoms with Crippen molar-refractivity contribution in [2.45, 2.75) is 71.1 Å². The van der Waals surface area contributed by atoms with Gasteiger partial charge in [-0.15, -0.1) is 0 Å². The van der Waals surface area contributed by atoms with Crippen molar-refractivity contribution in [3.63, 3.8) is 0 Å². The molecule has 1 aromatic heterocycles. The van der Waals surface area contributed by atoms with Gasteiger partial charge in [0.15, 0.2) is 0 Å². The van der Waals surface area contributed by atoms with Gasteiger partial charge in [-0.2, -0.15) is 0 Å². The first-order chi connectivity index (χ1) is 10.0. The fourth-order valence-electron chi connectivity index (χ4n) is 2.84. The highest BCUT2D eigenvalue weighted by atomic mass is 35.5. The highest BCUT2D eigenvalue weighted by molar-refractivity contribution is 6.31. The van der Waals surface area contributed by atoms with Crippen LogP contribution in [0, 0.1) is 5.41 Å². The van der Waals surface area contributed by atoms with Gasteiger partial charge in [0.2, 0.25) is 5.88 Å². The molecule has 1 heterocycles. The first-order valence-electron chi connectivity index (χ1n) is 8.07. The molecule has 0 unspecified atom stereocenters. The third-order valence-electron chi connectivity index (χ3n) is 4.60. The Morgan fingerprint density at radius 1 is 1.24 bits per heavy atom. The fraction of sp³-hybridized carbons (Fsp3) is 0.706. The molecule has 4 heteroatoms. The third-order valence-corrected chi connectivity index (χ3v) is 4.95. The summed E-state index contributed by atoms with van der Waals surface area (Å²) in [5, 5.41) is 4.18. The van der Waals surface area contributed by atoms with Gasteiger partial charge in [0.1, 0.15) is 6.10 Å². The van der Waals surface area contributed by atoms with Gasteiger partial charge >= 0.3 is 0 Å². The molecule has 0 amide bonds. The second kappa shape index (κ2) is 6.13. The van der Waals surface area contributed by atoms with Crippen molar-refractivity contribution in [2.75, 3.05) is 0 Å². The number of halogens is 1. The number of hydrogen-bond donors (Lipinski definition) is 1. The van der Waals surface area contributed by atoms with Gasteiger partial charge in [-0.1, -0.05) is 25.4 Å². The van der Waals surface area contributed by atoms with Crippen LogP contribution in [0.2, 0.25) is 5.02 Å². The molecule has 21 heavy (non-hydrogen) atoms. The van der Waals surface area contributed by atoms with E-state index in [1.165, 1.54) is 25.7 Å². The number of nitrogens with one attached hydrogen (secondary N) is 1. The van der Waals surface area contributed by atoms with Gasteiger partial charge in [-0.05, 0) is 50.0 Å². The smallest absolute Gasteiger partial charge is 0.213 e. The lowest BCUT2D eigenvalue weighted by Gasteiger charge is -2.34. The summed E-state index contributed by atoms with van der Waals surface area (Å²) < 4.78 is 6.07. The summed E-state index contributed by atoms with van der Waals surface area (Å²) in [4.78, 5) is 4.59. The van der Waals surface area contributed by atoms with Crippen LogP contribution in [0.3, 0.4) is 0 Å². The van der Waals surface area contributed by atoms with E-state index < -0.39 is 0 Å². The van der Waals surface area contributed by atoms with Gasteiger partial charge in [0.05, 0.1) is 10.7 Å². The Balaban J connectivity index is 1.58. The van der Waals surface area contributed by atoms with Crippen molar-refractivity contribution in [3.8, 4) is 5.88 Å². The van der Waals surface area contributed by atoms with E-state index in [0.29, 0.717) is 17.6 Å². The highest BCUT2D eigenvalue weighted by Gasteiger charge is 2.28. The number of nitrogens with zero attached hydrogens (tertiary/aromatic N) is 1. The molecule has 116 valence electrons. The Morgan fingerprint density at radius 3 is 2.62 bits per heavy atom. The lowest BCUT2D eigenvalue weighted by atomic mass is 9.76. The Labute approximate surface area is 132 Å². The maximum absolute atomic E-state index is 6.22. The van der Waals surface area contributed by atoms with Crippen molar-refractivity contribution >= 4 is 11.6 Å². The number of aromatic nitrogens is 1. The normalized spacial score (nSPS) is 22.2. The predicted molar refractivity (Wildman–Crippen MR) is 85.8 cm³/mol. The quantitative estimate of drug-likeness (QED) is 0.879. The van der Waals surface area contributed by atoms with E-state index in [9.17, 15) is 0 Å². The molecule has 3 rings (SSSR count). The lowest BCUT2D eigenvalue weighted by Crippen LogP contribution is -2.28. The fourth-order valence-corrected chi connectivity index (χ4v) is 3.02. The minimum absolute atomic E-state index is 0.302. The van der Waals surface area contributed by atoms with Crippen molar-refractivity contribution in [1.29, 1.82) is 0 Å². The molecule has 2 aliphatic carbocycles. The summed E-state index contributed by atoms with van der Waals surface area (Å²) >= 11 is 6.22. The number of rotatable bonds is 5. The van der Waals surface area contributed by atoms with Crippen LogP contribution >= 0.6 is 11.6 Å². The van der Waals surface area contributed by atoms with Crippen LogP contribution in [-0.4, -0.2) is 17.1 Å². The predicted octanol–water partition coefficient (Wildman–Crippen LogP) is 4.33. The lowest BCUT2D eigenvalue weighted by molar-refractivity contribution is 0.0947. The summed E-state index contributed by atoms with van der Waals surface area (Å²) in [5.74, 6) is 0.719. The topological polar surface area (TPSA) is 34.1 Å². The van der Waals surface area contributed by atoms with Gasteiger partial charge in [0, 0.05) is 18.7 Å². The number of pyridine rings is 1. The van der Waals surface area contributed by atoms with Crippen LogP contribution in [-0.2, 0) is 6.54 Å². The molecule has 0 radical (unpaired) electrons. The molecule has 2 saturated carbocycles. The molecule has 3 nitrogen and oxygen atoms in total. The van der Waals surface area contributed by atoms with E-state index in [1.807, 2.05) is 12.1 Å². The summed E-state index contributed by atoms with van der Waals surface area (Å²) in [5.41, 5.74) is 1.37. The Hall–Kier alpha value is -0.800. The van der Waals surface area contributed by atoms with Gasteiger partial charge in [0.25, 0.3) is 0 Å². The number of ether oxygens (including phenoxy) is 1. The molecule has 0 aromatic carbocycles. The minimum Gasteiger partial charge on any atom is -0.474 e. The Morgan fingerprint density at radius 2 is 1.95 bits per heavy atom. The van der Waals surface area contributed by atoms with Crippen molar-refractivity contribution in [2.24, 2.45) is 5.41 Å². The average Bonchev–Trinajstić information content (AvgIpc) is 3.26. The molecular weight excluding hydrogens is 284 g/mol. The molecule has 0 saturated heterocycles. The zero-order valence-electron chi connectivity index (χ0n) is 13.0. The summed E-state index contributed by atoms with van der Waals surface area (Å²) in [7, 11) is 0. The first kappa shape index (κ1) is 15.1. The van der Waals surface area contributed by atoms with E-state index >= 15 is 0 Å². The van der Waals surface area contributed by atoms with Crippen molar-refractivity contribution < 1.29 is 4.74 Å². The standard InChI is InChI=1S/C17H25ClN2O/c1-17(2)9-7-13(8-10-17)21-16-6-5-14(18)15(20-16)11-19-12-3-4-12/h5-6,12-13,19H,3-4,7-11H2,1-2H3. The van der Waals surface area contributed by atoms with Crippen LogP contribution in [0.25, 0.3) is 0 Å². The van der Waals surface area contributed by atoms with Crippen LogP contribution in [0.5, 0.6) is 5.88 Å². The minimum atomic E-state index is 0.302. The average molecular weight is 309 g/mol. The van der Waals surface area contributed by atoms with Crippen molar-refractivity contribution in [3.05, 3.63) is 22.8 Å². The maximum atomic E-state index is 6.22. The molecule has 0 atom stereocenters. The van der Waals surface area contributed by atoms with E-state index in [-0.39, 0.29) is 0 Å². The first-order valence-corrected chi connectivity index (χ1v) is 8.45. The zero-order valence-corrected chi connectivity index (χ0v) is 13.7. The molecule has 2 fully saturated rings. The molecule has 2 aliphatic rings. The molecule has 0 bridgehead atoms. The summed E-state index contributed by atoms with van der Waals surface area (Å²) in [6.45, 7) is 5.41. The van der Waals surface area contributed by atoms with Gasteiger partial charge < -0.3 is 10.1 Å². The van der Waals surface area contributed by atoms with Crippen LogP contribution in [0.4, 0.5) is 0 Å². The summed E-state index contributed by atoms with van der Waals surface area (Å²) in [6.07, 6.45) is 7.52. The zero-order chi connectivity index (χ0) is 14.9. The largest absolute Gasteiger partial charge is 0.474 e. The van der Waals surface area contributed by atoms with Crippen LogP contribution < -0.4 is 10.1 Å². The van der Waals surface area contributed by atoms with Crippen molar-refractivity contribution in [1.82, 2.24) is 10.3 Å². The van der Waals surface area contributed by atoms with E-state index in [0.717, 1.165) is 36.0 Å². The second-order valence-corrected chi connectivity index (χ2v) is 7.62. The third kappa shape index (κ3) is 4.33. The summed E-state index contributed by atoms with van der Waals surface area (Å²) in [6, 6.07) is 4.46. The number of hydrogen-bond acceptors (Lipinski definition) is 3. The molecule has 0 spiro atoms. The van der Waals surface area contributed by atoms with E-state index in [1.54, 1.807) is 0 Å². The van der Waals surface area contributed by atoms with Gasteiger partial charge in [-0.3, -0.25) is 0 Å². The van der Waals surface area contributed by atoms with Gasteiger partial charge in [-0.25, -0.2) is 4.98 Å². The van der Waals surface area contributed by atoms with Crippen LogP contribution in [0.1, 0.15) is 58.1 Å². The Bertz CT molecular complexity index is 490. The molecule has 0 aliphatic heterocycles. The molecular formula is C17H25ClN2O. The van der Waals surface area contributed by atoms with E-state index in [4.69, 9.17) is 16.3 Å². The van der Waals surface area contributed by atoms with E-state index in [2.05, 4.69) is 24.1 Å². The molecule has 1 N–H and O–H groups in total. The second-order valence-electron chi connectivity index (χ2n) is 7.21. The SMILES string of the molecule is CC1(C)CCC(Oc2ccc(Cl)c(CNC3CC3)n2)CC1. The monoisotopic (exact) mass is 308 g/mol. The maximum Gasteiger partial charge on any atom is 0.213 e. The highest BCUT2D eigenvalue weighted by Crippen LogP contribution is 2.36.